The highest BCUT2D eigenvalue weighted by Crippen LogP contribution is 2.37. The van der Waals surface area contributed by atoms with Gasteiger partial charge in [-0.1, -0.05) is 24.3 Å². The number of rotatable bonds is 5. The molecule has 0 amide bonds. The molecule has 0 aliphatic carbocycles. The predicted molar refractivity (Wildman–Crippen MR) is 116 cm³/mol. The SMILES string of the molecule is O=C(O)c1cc(-c2csc(CC(O)(F)F)c2)c2ccc(-c3ccc(C(F)(F)F)cc3)cc2c1. The van der Waals surface area contributed by atoms with Gasteiger partial charge in [-0.2, -0.15) is 22.0 Å². The van der Waals surface area contributed by atoms with Gasteiger partial charge in [0.1, 0.15) is 0 Å². The molecule has 0 saturated heterocycles. The predicted octanol–water partition coefficient (Wildman–Crippen LogP) is 7.08. The molecule has 0 saturated carbocycles. The summed E-state index contributed by atoms with van der Waals surface area (Å²) in [6, 6.07) is 14.1. The van der Waals surface area contributed by atoms with Gasteiger partial charge in [-0.25, -0.2) is 4.79 Å². The summed E-state index contributed by atoms with van der Waals surface area (Å²) in [7, 11) is 0. The third kappa shape index (κ3) is 5.04. The van der Waals surface area contributed by atoms with Crippen LogP contribution in [0.15, 0.2) is 66.0 Å². The van der Waals surface area contributed by atoms with Crippen molar-refractivity contribution in [2.75, 3.05) is 0 Å². The maximum atomic E-state index is 13.0. The summed E-state index contributed by atoms with van der Waals surface area (Å²) < 4.78 is 64.4. The summed E-state index contributed by atoms with van der Waals surface area (Å²) in [5.74, 6) is -1.18. The van der Waals surface area contributed by atoms with Crippen LogP contribution in [0.2, 0.25) is 0 Å². The maximum absolute atomic E-state index is 13.0. The number of carboxylic acid groups (broad SMARTS) is 1. The van der Waals surface area contributed by atoms with Crippen molar-refractivity contribution >= 4 is 28.1 Å². The van der Waals surface area contributed by atoms with Crippen molar-refractivity contribution in [1.29, 1.82) is 0 Å². The molecule has 1 aromatic heterocycles. The van der Waals surface area contributed by atoms with E-state index in [0.717, 1.165) is 23.5 Å². The van der Waals surface area contributed by atoms with Crippen LogP contribution >= 0.6 is 11.3 Å². The largest absolute Gasteiger partial charge is 0.478 e. The lowest BCUT2D eigenvalue weighted by Gasteiger charge is -2.11. The number of benzene rings is 3. The number of aromatic carboxylic acids is 1. The molecule has 3 aromatic carbocycles. The number of carbonyl (C=O) groups is 1. The molecule has 0 aliphatic heterocycles. The second-order valence-corrected chi connectivity index (χ2v) is 8.48. The molecule has 4 aromatic rings. The van der Waals surface area contributed by atoms with Crippen LogP contribution in [0, 0.1) is 0 Å². The Kier molecular flexibility index (Phi) is 5.71. The van der Waals surface area contributed by atoms with Crippen LogP contribution in [-0.2, 0) is 12.6 Å². The first-order valence-electron chi connectivity index (χ1n) is 9.57. The molecule has 0 aliphatic rings. The molecule has 0 spiro atoms. The summed E-state index contributed by atoms with van der Waals surface area (Å²) in [5.41, 5.74) is 1.35. The molecule has 0 fully saturated rings. The van der Waals surface area contributed by atoms with Crippen molar-refractivity contribution in [3.05, 3.63) is 82.0 Å². The molecule has 170 valence electrons. The second kappa shape index (κ2) is 8.24. The van der Waals surface area contributed by atoms with Crippen LogP contribution in [0.1, 0.15) is 20.8 Å². The average Bonchev–Trinajstić information content (AvgIpc) is 3.18. The normalized spacial score (nSPS) is 12.3. The summed E-state index contributed by atoms with van der Waals surface area (Å²) in [6.45, 7) is 0. The Hall–Kier alpha value is -3.30. The molecule has 1 heterocycles. The molecule has 0 bridgehead atoms. The molecule has 33 heavy (non-hydrogen) atoms. The molecule has 0 radical (unpaired) electrons. The summed E-state index contributed by atoms with van der Waals surface area (Å²) in [4.78, 5) is 11.9. The van der Waals surface area contributed by atoms with Crippen molar-refractivity contribution in [1.82, 2.24) is 0 Å². The monoisotopic (exact) mass is 478 g/mol. The molecule has 2 N–H and O–H groups in total. The maximum Gasteiger partial charge on any atom is 0.416 e. The van der Waals surface area contributed by atoms with Crippen molar-refractivity contribution in [3.8, 4) is 22.3 Å². The highest BCUT2D eigenvalue weighted by Gasteiger charge is 2.30. The number of thiophene rings is 1. The van der Waals surface area contributed by atoms with E-state index in [1.54, 1.807) is 23.6 Å². The Morgan fingerprint density at radius 2 is 1.52 bits per heavy atom. The number of aliphatic hydroxyl groups is 1. The molecule has 0 unspecified atom stereocenters. The Balaban J connectivity index is 1.80. The quantitative estimate of drug-likeness (QED) is 0.302. The van der Waals surface area contributed by atoms with E-state index in [0.29, 0.717) is 33.0 Å². The molecule has 3 nitrogen and oxygen atoms in total. The van der Waals surface area contributed by atoms with Crippen LogP contribution in [0.5, 0.6) is 0 Å². The zero-order valence-corrected chi connectivity index (χ0v) is 17.5. The van der Waals surface area contributed by atoms with Crippen molar-refractivity contribution in [3.63, 3.8) is 0 Å². The summed E-state index contributed by atoms with van der Waals surface area (Å²) in [6.07, 6.45) is -9.16. The third-order valence-electron chi connectivity index (χ3n) is 5.10. The van der Waals surface area contributed by atoms with E-state index in [-0.39, 0.29) is 10.4 Å². The summed E-state index contributed by atoms with van der Waals surface area (Å²) in [5, 5.41) is 21.1. The lowest BCUT2D eigenvalue weighted by molar-refractivity contribution is -0.196. The van der Waals surface area contributed by atoms with Gasteiger partial charge in [0.05, 0.1) is 17.5 Å². The van der Waals surface area contributed by atoms with Gasteiger partial charge in [0.15, 0.2) is 0 Å². The van der Waals surface area contributed by atoms with Crippen LogP contribution in [0.4, 0.5) is 22.0 Å². The van der Waals surface area contributed by atoms with Gasteiger partial charge >= 0.3 is 18.3 Å². The van der Waals surface area contributed by atoms with Gasteiger partial charge in [-0.3, -0.25) is 0 Å². The van der Waals surface area contributed by atoms with Crippen LogP contribution in [0.25, 0.3) is 33.0 Å². The zero-order chi connectivity index (χ0) is 24.0. The minimum absolute atomic E-state index is 0.0256. The fourth-order valence-electron chi connectivity index (χ4n) is 3.59. The van der Waals surface area contributed by atoms with Crippen LogP contribution in [0.3, 0.4) is 0 Å². The van der Waals surface area contributed by atoms with Gasteiger partial charge in [-0.05, 0) is 74.8 Å². The number of fused-ring (bicyclic) bond motifs is 1. The number of hydrogen-bond acceptors (Lipinski definition) is 3. The van der Waals surface area contributed by atoms with Crippen LogP contribution < -0.4 is 0 Å². The minimum atomic E-state index is -4.45. The summed E-state index contributed by atoms with van der Waals surface area (Å²) >= 11 is 1.02. The molecular weight excluding hydrogens is 463 g/mol. The Morgan fingerprint density at radius 3 is 2.12 bits per heavy atom. The van der Waals surface area contributed by atoms with Gasteiger partial charge in [0.2, 0.25) is 0 Å². The van der Waals surface area contributed by atoms with E-state index in [9.17, 15) is 31.9 Å². The van der Waals surface area contributed by atoms with E-state index < -0.39 is 30.2 Å². The number of halogens is 5. The van der Waals surface area contributed by atoms with Gasteiger partial charge in [0.25, 0.3) is 0 Å². The Bertz CT molecular complexity index is 1340. The lowest BCUT2D eigenvalue weighted by atomic mass is 9.93. The van der Waals surface area contributed by atoms with Crippen molar-refractivity contribution < 1.29 is 37.0 Å². The average molecular weight is 478 g/mol. The van der Waals surface area contributed by atoms with Gasteiger partial charge in [-0.15, -0.1) is 11.3 Å². The van der Waals surface area contributed by atoms with E-state index in [1.165, 1.54) is 30.3 Å². The first kappa shape index (κ1) is 22.9. The zero-order valence-electron chi connectivity index (χ0n) is 16.7. The minimum Gasteiger partial charge on any atom is -0.478 e. The fraction of sp³-hybridized carbons (Fsp3) is 0.125. The van der Waals surface area contributed by atoms with Crippen molar-refractivity contribution in [2.45, 2.75) is 18.7 Å². The van der Waals surface area contributed by atoms with E-state index in [2.05, 4.69) is 0 Å². The highest BCUT2D eigenvalue weighted by atomic mass is 32.1. The molecule has 4 rings (SSSR count). The molecule has 9 heteroatoms. The first-order valence-corrected chi connectivity index (χ1v) is 10.5. The highest BCUT2D eigenvalue weighted by molar-refractivity contribution is 7.10. The van der Waals surface area contributed by atoms with Gasteiger partial charge < -0.3 is 10.2 Å². The van der Waals surface area contributed by atoms with E-state index >= 15 is 0 Å². The van der Waals surface area contributed by atoms with E-state index in [4.69, 9.17) is 5.11 Å². The Labute approximate surface area is 188 Å². The first-order chi connectivity index (χ1) is 15.4. The smallest absolute Gasteiger partial charge is 0.416 e. The van der Waals surface area contributed by atoms with Gasteiger partial charge in [0, 0.05) is 4.88 Å². The topological polar surface area (TPSA) is 57.5 Å². The fourth-order valence-corrected chi connectivity index (χ4v) is 4.51. The third-order valence-corrected chi connectivity index (χ3v) is 6.03. The Morgan fingerprint density at radius 1 is 0.848 bits per heavy atom. The number of carboxylic acids is 1. The van der Waals surface area contributed by atoms with Crippen molar-refractivity contribution in [2.24, 2.45) is 0 Å². The second-order valence-electron chi connectivity index (χ2n) is 7.48. The molecule has 0 atom stereocenters. The number of alkyl halides is 5. The van der Waals surface area contributed by atoms with Crippen LogP contribution in [-0.4, -0.2) is 22.3 Å². The lowest BCUT2D eigenvalue weighted by Crippen LogP contribution is -2.16. The standard InChI is InChI=1S/C24H15F5O3S/c25-23(26,32)11-19-9-17(12-33-19)21-10-16(22(30)31)8-15-7-14(3-6-20(15)21)13-1-4-18(5-2-13)24(27,28)29/h1-10,12,32H,11H2,(H,30,31). The van der Waals surface area contributed by atoms with E-state index in [1.807, 2.05) is 0 Å². The number of hydrogen-bond donors (Lipinski definition) is 2. The molecular formula is C24H15F5O3S.